The van der Waals surface area contributed by atoms with E-state index in [1.807, 2.05) is 36.4 Å². The third-order valence-electron chi connectivity index (χ3n) is 4.81. The molecule has 0 amide bonds. The van der Waals surface area contributed by atoms with Crippen molar-refractivity contribution in [3.8, 4) is 0 Å². The van der Waals surface area contributed by atoms with E-state index in [-0.39, 0.29) is 12.3 Å². The third kappa shape index (κ3) is 2.72. The summed E-state index contributed by atoms with van der Waals surface area (Å²) >= 11 is 0. The molecule has 5 rings (SSSR count). The van der Waals surface area contributed by atoms with Gasteiger partial charge in [-0.15, -0.1) is 0 Å². The molecule has 0 unspecified atom stereocenters. The molecule has 4 aromatic carbocycles. The zero-order valence-corrected chi connectivity index (χ0v) is 14.5. The van der Waals surface area contributed by atoms with Gasteiger partial charge >= 0.3 is 5.97 Å². The van der Waals surface area contributed by atoms with Crippen LogP contribution < -0.4 is 0 Å². The van der Waals surface area contributed by atoms with Crippen molar-refractivity contribution in [2.75, 3.05) is 0 Å². The molecule has 0 atom stereocenters. The number of aromatic amines is 1. The molecule has 1 aromatic heterocycles. The number of ether oxygens (including phenoxy) is 1. The Balaban J connectivity index is 1.50. The topological polar surface area (TPSA) is 55.0 Å². The number of carbonyl (C=O) groups is 1. The van der Waals surface area contributed by atoms with Crippen molar-refractivity contribution < 1.29 is 9.53 Å². The van der Waals surface area contributed by atoms with Crippen LogP contribution in [0.25, 0.3) is 32.6 Å². The lowest BCUT2D eigenvalue weighted by Gasteiger charge is -2.08. The summed E-state index contributed by atoms with van der Waals surface area (Å²) in [5.41, 5.74) is 2.87. The van der Waals surface area contributed by atoms with Gasteiger partial charge in [-0.2, -0.15) is 0 Å². The van der Waals surface area contributed by atoms with E-state index >= 15 is 0 Å². The summed E-state index contributed by atoms with van der Waals surface area (Å²) in [4.78, 5) is 20.1. The monoisotopic (exact) mass is 352 g/mol. The number of rotatable bonds is 3. The highest BCUT2D eigenvalue weighted by Crippen LogP contribution is 2.30. The Labute approximate surface area is 155 Å². The van der Waals surface area contributed by atoms with E-state index in [1.54, 1.807) is 6.20 Å². The van der Waals surface area contributed by atoms with Gasteiger partial charge in [-0.25, -0.2) is 9.78 Å². The van der Waals surface area contributed by atoms with Crippen LogP contribution >= 0.6 is 0 Å². The van der Waals surface area contributed by atoms with E-state index in [9.17, 15) is 4.79 Å². The minimum absolute atomic E-state index is 0.228. The molecule has 130 valence electrons. The van der Waals surface area contributed by atoms with Crippen molar-refractivity contribution in [2.24, 2.45) is 0 Å². The molecule has 27 heavy (non-hydrogen) atoms. The van der Waals surface area contributed by atoms with Crippen LogP contribution in [0.2, 0.25) is 0 Å². The highest BCUT2D eigenvalue weighted by atomic mass is 16.5. The fourth-order valence-corrected chi connectivity index (χ4v) is 3.46. The minimum atomic E-state index is -0.441. The van der Waals surface area contributed by atoms with Crippen molar-refractivity contribution in [1.82, 2.24) is 9.97 Å². The Morgan fingerprint density at radius 1 is 0.852 bits per heavy atom. The van der Waals surface area contributed by atoms with Crippen LogP contribution in [-0.2, 0) is 11.3 Å². The number of hydrogen-bond acceptors (Lipinski definition) is 3. The number of fused-ring (bicyclic) bond motifs is 5. The quantitative estimate of drug-likeness (QED) is 0.357. The molecule has 0 aliphatic heterocycles. The summed E-state index contributed by atoms with van der Waals surface area (Å²) in [6.45, 7) is 0.228. The largest absolute Gasteiger partial charge is 0.456 e. The van der Waals surface area contributed by atoms with Crippen molar-refractivity contribution >= 4 is 38.5 Å². The third-order valence-corrected chi connectivity index (χ3v) is 4.81. The van der Waals surface area contributed by atoms with E-state index in [0.29, 0.717) is 0 Å². The van der Waals surface area contributed by atoms with Crippen molar-refractivity contribution in [2.45, 2.75) is 6.61 Å². The lowest BCUT2D eigenvalue weighted by Crippen LogP contribution is -2.08. The van der Waals surface area contributed by atoms with Crippen molar-refractivity contribution in [3.05, 3.63) is 90.3 Å². The summed E-state index contributed by atoms with van der Waals surface area (Å²) in [5.74, 6) is -0.441. The highest BCUT2D eigenvalue weighted by Gasteiger charge is 2.12. The zero-order valence-electron chi connectivity index (χ0n) is 14.5. The van der Waals surface area contributed by atoms with Gasteiger partial charge < -0.3 is 9.72 Å². The first-order valence-corrected chi connectivity index (χ1v) is 8.80. The van der Waals surface area contributed by atoms with Crippen LogP contribution in [0.5, 0.6) is 0 Å². The second kappa shape index (κ2) is 6.25. The summed E-state index contributed by atoms with van der Waals surface area (Å²) in [5, 5.41) is 4.69. The lowest BCUT2D eigenvalue weighted by atomic mass is 10.0. The molecule has 0 fully saturated rings. The maximum atomic E-state index is 12.4. The number of nitrogens with zero attached hydrogens (tertiary/aromatic N) is 1. The maximum Gasteiger partial charge on any atom is 0.358 e. The fraction of sp³-hybridized carbons (Fsp3) is 0.0435. The molecule has 4 nitrogen and oxygen atoms in total. The highest BCUT2D eigenvalue weighted by molar-refractivity contribution is 6.15. The lowest BCUT2D eigenvalue weighted by molar-refractivity contribution is 0.0465. The van der Waals surface area contributed by atoms with Crippen molar-refractivity contribution in [1.29, 1.82) is 0 Å². The van der Waals surface area contributed by atoms with Gasteiger partial charge in [-0.3, -0.25) is 0 Å². The molecule has 0 aliphatic carbocycles. The van der Waals surface area contributed by atoms with Gasteiger partial charge in [0.15, 0.2) is 5.69 Å². The van der Waals surface area contributed by atoms with E-state index in [0.717, 1.165) is 22.0 Å². The Morgan fingerprint density at radius 2 is 1.70 bits per heavy atom. The molecule has 0 saturated carbocycles. The van der Waals surface area contributed by atoms with Gasteiger partial charge in [0.1, 0.15) is 6.61 Å². The van der Waals surface area contributed by atoms with Crippen LogP contribution in [0.4, 0.5) is 0 Å². The number of carbonyl (C=O) groups excluding carboxylic acids is 1. The number of H-pyrrole nitrogens is 1. The summed E-state index contributed by atoms with van der Waals surface area (Å²) in [6.07, 6.45) is 1.62. The molecule has 0 radical (unpaired) electrons. The first-order valence-electron chi connectivity index (χ1n) is 8.80. The van der Waals surface area contributed by atoms with Crippen molar-refractivity contribution in [3.63, 3.8) is 0 Å². The summed E-state index contributed by atoms with van der Waals surface area (Å²) in [6, 6.07) is 24.1. The normalized spacial score (nSPS) is 11.3. The molecule has 5 aromatic rings. The van der Waals surface area contributed by atoms with Crippen LogP contribution in [-0.4, -0.2) is 15.9 Å². The smallest absolute Gasteiger partial charge is 0.358 e. The Morgan fingerprint density at radius 3 is 2.59 bits per heavy atom. The molecular weight excluding hydrogens is 336 g/mol. The summed E-state index contributed by atoms with van der Waals surface area (Å²) in [7, 11) is 0. The van der Waals surface area contributed by atoms with Gasteiger partial charge in [0, 0.05) is 11.6 Å². The number of esters is 1. The number of hydrogen-bond donors (Lipinski definition) is 1. The van der Waals surface area contributed by atoms with E-state index in [4.69, 9.17) is 4.74 Å². The first-order chi connectivity index (χ1) is 13.3. The molecule has 1 N–H and O–H groups in total. The SMILES string of the molecule is O=C(OCc1ccccc1)c1c[nH]c2c(ccc3c4cccc4ccc32)n1. The second-order valence-electron chi connectivity index (χ2n) is 6.50. The average Bonchev–Trinajstić information content (AvgIpc) is 3.21. The maximum absolute atomic E-state index is 12.4. The van der Waals surface area contributed by atoms with Gasteiger partial charge in [-0.05, 0) is 27.8 Å². The number of benzene rings is 3. The molecule has 1 heterocycles. The molecular formula is C23H16N2O2. The second-order valence-corrected chi connectivity index (χ2v) is 6.50. The van der Waals surface area contributed by atoms with Crippen LogP contribution in [0.3, 0.4) is 0 Å². The van der Waals surface area contributed by atoms with Gasteiger partial charge in [0.05, 0.1) is 11.0 Å². The first kappa shape index (κ1) is 15.6. The van der Waals surface area contributed by atoms with Crippen LogP contribution in [0.1, 0.15) is 16.1 Å². The zero-order chi connectivity index (χ0) is 18.2. The summed E-state index contributed by atoms with van der Waals surface area (Å²) < 4.78 is 5.38. The number of nitrogens with one attached hydrogen (secondary N) is 1. The van der Waals surface area contributed by atoms with Gasteiger partial charge in [0.25, 0.3) is 0 Å². The fourth-order valence-electron chi connectivity index (χ4n) is 3.46. The molecule has 4 heteroatoms. The van der Waals surface area contributed by atoms with E-state index in [1.165, 1.54) is 16.2 Å². The predicted molar refractivity (Wildman–Crippen MR) is 107 cm³/mol. The average molecular weight is 352 g/mol. The van der Waals surface area contributed by atoms with Crippen LogP contribution in [0, 0.1) is 0 Å². The molecule has 0 spiro atoms. The predicted octanol–water partition coefficient (Wildman–Crippen LogP) is 5.23. The van der Waals surface area contributed by atoms with Gasteiger partial charge in [-0.1, -0.05) is 66.7 Å². The Kier molecular flexibility index (Phi) is 3.61. The van der Waals surface area contributed by atoms with Crippen LogP contribution in [0.15, 0.2) is 79.0 Å². The van der Waals surface area contributed by atoms with E-state index in [2.05, 4.69) is 46.4 Å². The van der Waals surface area contributed by atoms with E-state index < -0.39 is 5.97 Å². The van der Waals surface area contributed by atoms with Gasteiger partial charge in [0.2, 0.25) is 0 Å². The minimum Gasteiger partial charge on any atom is -0.456 e. The molecule has 0 bridgehead atoms. The Bertz CT molecular complexity index is 1290. The molecule has 0 aliphatic rings. The molecule has 0 saturated heterocycles. The standard InChI is InChI=1S/C23H16N2O2/c26-23(27-14-15-5-2-1-3-6-15)21-13-24-22-19-10-9-16-7-4-8-17(16)18(19)11-12-20(22)25-21/h1-13,24H,14H2. The Hall–Kier alpha value is -3.66. The number of aromatic nitrogens is 2.